The Hall–Kier alpha value is -0.650. The largest absolute Gasteiger partial charge is 0.379 e. The zero-order valence-corrected chi connectivity index (χ0v) is 12.3. The van der Waals surface area contributed by atoms with Crippen LogP contribution >= 0.6 is 0 Å². The summed E-state index contributed by atoms with van der Waals surface area (Å²) in [6, 6.07) is 0.433. The molecular formula is C15H26N2O3. The van der Waals surface area contributed by atoms with E-state index in [0.29, 0.717) is 25.2 Å². The highest BCUT2D eigenvalue weighted by molar-refractivity contribution is 5.79. The van der Waals surface area contributed by atoms with Crippen molar-refractivity contribution in [1.82, 2.24) is 9.80 Å². The van der Waals surface area contributed by atoms with E-state index in [4.69, 9.17) is 9.47 Å². The molecule has 2 aliphatic heterocycles. The van der Waals surface area contributed by atoms with E-state index < -0.39 is 0 Å². The van der Waals surface area contributed by atoms with Gasteiger partial charge in [-0.25, -0.2) is 0 Å². The number of morpholine rings is 2. The summed E-state index contributed by atoms with van der Waals surface area (Å²) in [5.74, 6) is 0.560. The summed E-state index contributed by atoms with van der Waals surface area (Å²) in [5.41, 5.74) is 0. The van der Waals surface area contributed by atoms with Crippen LogP contribution in [0.2, 0.25) is 0 Å². The van der Waals surface area contributed by atoms with E-state index in [1.807, 2.05) is 4.90 Å². The molecular weight excluding hydrogens is 256 g/mol. The number of carbonyl (C=O) groups excluding carboxylic acids is 1. The third kappa shape index (κ3) is 3.15. The van der Waals surface area contributed by atoms with Gasteiger partial charge in [0.1, 0.15) is 0 Å². The number of ether oxygens (including phenoxy) is 2. The fraction of sp³-hybridized carbons (Fsp3) is 0.933. The Balaban J connectivity index is 1.65. The van der Waals surface area contributed by atoms with Gasteiger partial charge in [-0.05, 0) is 12.8 Å². The van der Waals surface area contributed by atoms with Crippen LogP contribution in [-0.2, 0) is 14.3 Å². The number of rotatable bonds is 2. The molecule has 3 fully saturated rings. The fourth-order valence-electron chi connectivity index (χ4n) is 3.76. The molecule has 5 heteroatoms. The third-order valence-electron chi connectivity index (χ3n) is 4.88. The van der Waals surface area contributed by atoms with Crippen LogP contribution in [-0.4, -0.2) is 74.4 Å². The van der Waals surface area contributed by atoms with Crippen LogP contribution in [0.1, 0.15) is 25.7 Å². The molecule has 5 nitrogen and oxygen atoms in total. The summed E-state index contributed by atoms with van der Waals surface area (Å²) in [6.07, 6.45) is 4.68. The van der Waals surface area contributed by atoms with Gasteiger partial charge in [0.2, 0.25) is 5.91 Å². The van der Waals surface area contributed by atoms with Crippen molar-refractivity contribution in [2.75, 3.05) is 52.6 Å². The third-order valence-corrected chi connectivity index (χ3v) is 4.88. The van der Waals surface area contributed by atoms with Crippen molar-refractivity contribution in [3.8, 4) is 0 Å². The minimum absolute atomic E-state index is 0.194. The molecule has 0 aromatic heterocycles. The van der Waals surface area contributed by atoms with Gasteiger partial charge in [0.25, 0.3) is 0 Å². The van der Waals surface area contributed by atoms with Gasteiger partial charge in [0, 0.05) is 32.2 Å². The SMILES string of the molecule is O=C([C@@H]1CCCC[C@@H]1N1CCOCC1)N1CCOCC1. The number of carbonyl (C=O) groups is 1. The van der Waals surface area contributed by atoms with Gasteiger partial charge in [-0.2, -0.15) is 0 Å². The van der Waals surface area contributed by atoms with E-state index in [1.54, 1.807) is 0 Å². The molecule has 2 heterocycles. The average Bonchev–Trinajstić information content (AvgIpc) is 2.56. The molecule has 3 aliphatic rings. The van der Waals surface area contributed by atoms with Gasteiger partial charge in [-0.15, -0.1) is 0 Å². The molecule has 2 saturated heterocycles. The molecule has 0 aromatic rings. The van der Waals surface area contributed by atoms with E-state index in [1.165, 1.54) is 19.3 Å². The van der Waals surface area contributed by atoms with Gasteiger partial charge < -0.3 is 14.4 Å². The number of amides is 1. The molecule has 0 N–H and O–H groups in total. The lowest BCUT2D eigenvalue weighted by Crippen LogP contribution is -2.54. The Morgan fingerprint density at radius 1 is 0.850 bits per heavy atom. The Kier molecular flexibility index (Phi) is 4.91. The summed E-state index contributed by atoms with van der Waals surface area (Å²) in [6.45, 7) is 6.52. The molecule has 2 atom stereocenters. The maximum atomic E-state index is 12.8. The second-order valence-electron chi connectivity index (χ2n) is 6.04. The molecule has 0 radical (unpaired) electrons. The zero-order valence-electron chi connectivity index (χ0n) is 12.3. The summed E-state index contributed by atoms with van der Waals surface area (Å²) in [7, 11) is 0. The summed E-state index contributed by atoms with van der Waals surface area (Å²) < 4.78 is 10.8. The van der Waals surface area contributed by atoms with E-state index in [-0.39, 0.29) is 5.92 Å². The van der Waals surface area contributed by atoms with Crippen molar-refractivity contribution in [3.05, 3.63) is 0 Å². The van der Waals surface area contributed by atoms with Crippen LogP contribution < -0.4 is 0 Å². The topological polar surface area (TPSA) is 42.0 Å². The molecule has 3 rings (SSSR count). The van der Waals surface area contributed by atoms with Crippen molar-refractivity contribution in [1.29, 1.82) is 0 Å². The van der Waals surface area contributed by atoms with Crippen molar-refractivity contribution in [3.63, 3.8) is 0 Å². The zero-order chi connectivity index (χ0) is 13.8. The quantitative estimate of drug-likeness (QED) is 0.749. The van der Waals surface area contributed by atoms with Crippen LogP contribution in [0.3, 0.4) is 0 Å². The van der Waals surface area contributed by atoms with Crippen LogP contribution in [0.25, 0.3) is 0 Å². The van der Waals surface area contributed by atoms with E-state index >= 15 is 0 Å². The highest BCUT2D eigenvalue weighted by Gasteiger charge is 2.37. The maximum absolute atomic E-state index is 12.8. The Labute approximate surface area is 121 Å². The van der Waals surface area contributed by atoms with Gasteiger partial charge in [-0.3, -0.25) is 9.69 Å². The monoisotopic (exact) mass is 282 g/mol. The fourth-order valence-corrected chi connectivity index (χ4v) is 3.76. The normalized spacial score (nSPS) is 33.1. The number of nitrogens with zero attached hydrogens (tertiary/aromatic N) is 2. The van der Waals surface area contributed by atoms with Crippen LogP contribution in [0.4, 0.5) is 0 Å². The second-order valence-corrected chi connectivity index (χ2v) is 6.04. The predicted molar refractivity (Wildman–Crippen MR) is 75.5 cm³/mol. The minimum Gasteiger partial charge on any atom is -0.379 e. The number of hydrogen-bond donors (Lipinski definition) is 0. The molecule has 20 heavy (non-hydrogen) atoms. The Bertz CT molecular complexity index is 325. The first-order chi connectivity index (χ1) is 9.86. The van der Waals surface area contributed by atoms with Gasteiger partial charge >= 0.3 is 0 Å². The molecule has 114 valence electrons. The standard InChI is InChI=1S/C15H26N2O3/c18-15(17-7-11-20-12-8-17)13-3-1-2-4-14(13)16-5-9-19-10-6-16/h13-14H,1-12H2/t13-,14+/m1/s1. The number of hydrogen-bond acceptors (Lipinski definition) is 4. The van der Waals surface area contributed by atoms with Crippen LogP contribution in [0.5, 0.6) is 0 Å². The lowest BCUT2D eigenvalue weighted by Gasteiger charge is -2.42. The lowest BCUT2D eigenvalue weighted by molar-refractivity contribution is -0.144. The van der Waals surface area contributed by atoms with Crippen LogP contribution in [0, 0.1) is 5.92 Å². The highest BCUT2D eigenvalue weighted by atomic mass is 16.5. The average molecular weight is 282 g/mol. The summed E-state index contributed by atoms with van der Waals surface area (Å²) >= 11 is 0. The van der Waals surface area contributed by atoms with Crippen molar-refractivity contribution in [2.45, 2.75) is 31.7 Å². The first-order valence-electron chi connectivity index (χ1n) is 8.04. The lowest BCUT2D eigenvalue weighted by atomic mass is 9.82. The van der Waals surface area contributed by atoms with Crippen molar-refractivity contribution >= 4 is 5.91 Å². The first kappa shape index (κ1) is 14.3. The Morgan fingerprint density at radius 2 is 1.45 bits per heavy atom. The van der Waals surface area contributed by atoms with Gasteiger partial charge in [0.15, 0.2) is 0 Å². The second kappa shape index (κ2) is 6.87. The highest BCUT2D eigenvalue weighted by Crippen LogP contribution is 2.30. The Morgan fingerprint density at radius 3 is 2.15 bits per heavy atom. The predicted octanol–water partition coefficient (Wildman–Crippen LogP) is 0.736. The first-order valence-corrected chi connectivity index (χ1v) is 8.04. The molecule has 0 spiro atoms. The van der Waals surface area contributed by atoms with Crippen molar-refractivity contribution in [2.24, 2.45) is 5.92 Å². The molecule has 0 unspecified atom stereocenters. The van der Waals surface area contributed by atoms with E-state index in [9.17, 15) is 4.79 Å². The maximum Gasteiger partial charge on any atom is 0.227 e. The molecule has 1 aliphatic carbocycles. The van der Waals surface area contributed by atoms with Gasteiger partial charge in [0.05, 0.1) is 32.3 Å². The minimum atomic E-state index is 0.194. The molecule has 0 bridgehead atoms. The molecule has 1 amide bonds. The van der Waals surface area contributed by atoms with Crippen LogP contribution in [0.15, 0.2) is 0 Å². The summed E-state index contributed by atoms with van der Waals surface area (Å²) in [5, 5.41) is 0. The molecule has 0 aromatic carbocycles. The van der Waals surface area contributed by atoms with Gasteiger partial charge in [-0.1, -0.05) is 12.8 Å². The molecule has 1 saturated carbocycles. The smallest absolute Gasteiger partial charge is 0.227 e. The van der Waals surface area contributed by atoms with E-state index in [0.717, 1.165) is 45.8 Å². The summed E-state index contributed by atoms with van der Waals surface area (Å²) in [4.78, 5) is 17.3. The van der Waals surface area contributed by atoms with Crippen molar-refractivity contribution < 1.29 is 14.3 Å². The van der Waals surface area contributed by atoms with E-state index in [2.05, 4.69) is 4.90 Å².